The summed E-state index contributed by atoms with van der Waals surface area (Å²) in [6.45, 7) is 10.1. The molecule has 0 aromatic rings. The molecule has 122 valence electrons. The number of β-amino-alcohol motifs (C(OH)–C–C–N with tert-alkyl or cyclic N) is 1. The van der Waals surface area contributed by atoms with Crippen LogP contribution < -0.4 is 0 Å². The van der Waals surface area contributed by atoms with Crippen LogP contribution in [0.5, 0.6) is 0 Å². The Hall–Kier alpha value is -0.200. The molecule has 5 heteroatoms. The minimum Gasteiger partial charge on any atom is -0.390 e. The zero-order chi connectivity index (χ0) is 14.5. The monoisotopic (exact) mass is 297 g/mol. The molecule has 0 aromatic carbocycles. The van der Waals surface area contributed by atoms with Crippen molar-refractivity contribution in [3.63, 3.8) is 0 Å². The lowest BCUT2D eigenvalue weighted by atomic mass is 10.0. The molecule has 3 aliphatic heterocycles. The summed E-state index contributed by atoms with van der Waals surface area (Å²) in [4.78, 5) is 7.48. The summed E-state index contributed by atoms with van der Waals surface area (Å²) in [6, 6.07) is 0.733. The fourth-order valence-electron chi connectivity index (χ4n) is 4.04. The van der Waals surface area contributed by atoms with E-state index >= 15 is 0 Å². The van der Waals surface area contributed by atoms with Crippen LogP contribution in [0, 0.1) is 0 Å². The first-order valence-corrected chi connectivity index (χ1v) is 8.76. The van der Waals surface area contributed by atoms with E-state index in [1.165, 1.54) is 38.8 Å². The Morgan fingerprint density at radius 3 is 2.38 bits per heavy atom. The fraction of sp³-hybridized carbons (Fsp3) is 1.00. The minimum absolute atomic E-state index is 0.222. The molecule has 2 unspecified atom stereocenters. The number of likely N-dealkylation sites (tertiary alicyclic amines) is 2. The van der Waals surface area contributed by atoms with Crippen molar-refractivity contribution < 1.29 is 9.84 Å². The Labute approximate surface area is 128 Å². The van der Waals surface area contributed by atoms with E-state index in [0.717, 1.165) is 58.5 Å². The summed E-state index contributed by atoms with van der Waals surface area (Å²) in [5.41, 5.74) is 0. The Kier molecular flexibility index (Phi) is 5.89. The lowest BCUT2D eigenvalue weighted by Crippen LogP contribution is -2.50. The molecule has 2 atom stereocenters. The molecule has 0 aliphatic carbocycles. The van der Waals surface area contributed by atoms with Crippen molar-refractivity contribution >= 4 is 0 Å². The molecule has 0 spiro atoms. The van der Waals surface area contributed by atoms with Crippen molar-refractivity contribution in [2.75, 3.05) is 65.6 Å². The molecule has 3 heterocycles. The van der Waals surface area contributed by atoms with Crippen LogP contribution in [-0.2, 0) is 4.74 Å². The first kappa shape index (κ1) is 15.7. The Balaban J connectivity index is 1.40. The van der Waals surface area contributed by atoms with Gasteiger partial charge in [0.15, 0.2) is 0 Å². The predicted molar refractivity (Wildman–Crippen MR) is 83.5 cm³/mol. The maximum absolute atomic E-state index is 10.4. The fourth-order valence-corrected chi connectivity index (χ4v) is 4.04. The van der Waals surface area contributed by atoms with Gasteiger partial charge < -0.3 is 9.84 Å². The largest absolute Gasteiger partial charge is 0.390 e. The highest BCUT2D eigenvalue weighted by atomic mass is 16.5. The van der Waals surface area contributed by atoms with Crippen molar-refractivity contribution in [1.82, 2.24) is 14.7 Å². The molecule has 3 saturated heterocycles. The zero-order valence-electron chi connectivity index (χ0n) is 13.3. The number of aliphatic hydroxyl groups is 1. The highest BCUT2D eigenvalue weighted by molar-refractivity contribution is 4.84. The van der Waals surface area contributed by atoms with Gasteiger partial charge in [0.25, 0.3) is 0 Å². The molecule has 0 amide bonds. The van der Waals surface area contributed by atoms with Crippen LogP contribution in [0.3, 0.4) is 0 Å². The van der Waals surface area contributed by atoms with Gasteiger partial charge in [0.05, 0.1) is 19.3 Å². The number of hydrogen-bond donors (Lipinski definition) is 1. The maximum atomic E-state index is 10.4. The number of hydrogen-bond acceptors (Lipinski definition) is 5. The van der Waals surface area contributed by atoms with Gasteiger partial charge in [-0.05, 0) is 45.3 Å². The van der Waals surface area contributed by atoms with E-state index in [2.05, 4.69) is 14.7 Å². The van der Waals surface area contributed by atoms with Crippen molar-refractivity contribution in [1.29, 1.82) is 0 Å². The van der Waals surface area contributed by atoms with E-state index in [4.69, 9.17) is 4.74 Å². The van der Waals surface area contributed by atoms with Crippen LogP contribution in [0.1, 0.15) is 25.7 Å². The van der Waals surface area contributed by atoms with E-state index in [1.807, 2.05) is 0 Å². The zero-order valence-corrected chi connectivity index (χ0v) is 13.3. The first-order valence-electron chi connectivity index (χ1n) is 8.76. The summed E-state index contributed by atoms with van der Waals surface area (Å²) in [5.74, 6) is 0. The highest BCUT2D eigenvalue weighted by Crippen LogP contribution is 2.20. The molecule has 3 aliphatic rings. The van der Waals surface area contributed by atoms with Gasteiger partial charge in [-0.2, -0.15) is 0 Å². The molecule has 5 nitrogen and oxygen atoms in total. The molecule has 3 fully saturated rings. The minimum atomic E-state index is -0.222. The number of morpholine rings is 1. The number of nitrogens with zero attached hydrogens (tertiary/aromatic N) is 3. The van der Waals surface area contributed by atoms with Crippen LogP contribution in [0.2, 0.25) is 0 Å². The SMILES string of the molecule is OC(CN1CCOCC1)CN1CCCC(N2CCCC2)C1. The molecule has 21 heavy (non-hydrogen) atoms. The number of aliphatic hydroxyl groups excluding tert-OH is 1. The topological polar surface area (TPSA) is 39.2 Å². The molecule has 3 rings (SSSR count). The standard InChI is InChI=1S/C16H31N3O2/c20-16(13-17-8-10-21-11-9-17)14-18-5-3-4-15(12-18)19-6-1-2-7-19/h15-16,20H,1-14H2. The van der Waals surface area contributed by atoms with Crippen LogP contribution >= 0.6 is 0 Å². The van der Waals surface area contributed by atoms with Crippen LogP contribution in [0.25, 0.3) is 0 Å². The second kappa shape index (κ2) is 7.88. The lowest BCUT2D eigenvalue weighted by molar-refractivity contribution is 0.00149. The average molecular weight is 297 g/mol. The van der Waals surface area contributed by atoms with Gasteiger partial charge in [0, 0.05) is 38.8 Å². The second-order valence-corrected chi connectivity index (χ2v) is 6.87. The third kappa shape index (κ3) is 4.63. The Morgan fingerprint density at radius 1 is 0.905 bits per heavy atom. The van der Waals surface area contributed by atoms with E-state index < -0.39 is 0 Å². The quantitative estimate of drug-likeness (QED) is 0.787. The molecule has 1 N–H and O–H groups in total. The molecule has 0 radical (unpaired) electrons. The van der Waals surface area contributed by atoms with Crippen molar-refractivity contribution in [2.24, 2.45) is 0 Å². The highest BCUT2D eigenvalue weighted by Gasteiger charge is 2.28. The average Bonchev–Trinajstić information content (AvgIpc) is 3.02. The first-order chi connectivity index (χ1) is 10.3. The van der Waals surface area contributed by atoms with Gasteiger partial charge >= 0.3 is 0 Å². The summed E-state index contributed by atoms with van der Waals surface area (Å²) < 4.78 is 5.36. The third-order valence-electron chi connectivity index (χ3n) is 5.18. The molecule has 0 aromatic heterocycles. The summed E-state index contributed by atoms with van der Waals surface area (Å²) in [7, 11) is 0. The predicted octanol–water partition coefficient (Wildman–Crippen LogP) is 0.240. The van der Waals surface area contributed by atoms with Crippen LogP contribution in [0.4, 0.5) is 0 Å². The van der Waals surface area contributed by atoms with Crippen LogP contribution in [-0.4, -0.2) is 97.5 Å². The van der Waals surface area contributed by atoms with Gasteiger partial charge in [-0.25, -0.2) is 0 Å². The number of piperidine rings is 1. The van der Waals surface area contributed by atoms with Crippen molar-refractivity contribution in [3.05, 3.63) is 0 Å². The number of rotatable bonds is 5. The van der Waals surface area contributed by atoms with E-state index in [-0.39, 0.29) is 6.10 Å². The van der Waals surface area contributed by atoms with Gasteiger partial charge in [-0.3, -0.25) is 14.7 Å². The second-order valence-electron chi connectivity index (χ2n) is 6.87. The van der Waals surface area contributed by atoms with Crippen LogP contribution in [0.15, 0.2) is 0 Å². The van der Waals surface area contributed by atoms with Gasteiger partial charge in [-0.15, -0.1) is 0 Å². The van der Waals surface area contributed by atoms with Crippen molar-refractivity contribution in [3.8, 4) is 0 Å². The van der Waals surface area contributed by atoms with Gasteiger partial charge in [-0.1, -0.05) is 0 Å². The van der Waals surface area contributed by atoms with E-state index in [9.17, 15) is 5.11 Å². The Morgan fingerprint density at radius 2 is 1.62 bits per heavy atom. The Bertz CT molecular complexity index is 304. The number of ether oxygens (including phenoxy) is 1. The summed E-state index contributed by atoms with van der Waals surface area (Å²) >= 11 is 0. The molecule has 0 bridgehead atoms. The van der Waals surface area contributed by atoms with Crippen molar-refractivity contribution in [2.45, 2.75) is 37.8 Å². The maximum Gasteiger partial charge on any atom is 0.0793 e. The van der Waals surface area contributed by atoms with E-state index in [0.29, 0.717) is 0 Å². The smallest absolute Gasteiger partial charge is 0.0793 e. The lowest BCUT2D eigenvalue weighted by Gasteiger charge is -2.39. The normalized spacial score (nSPS) is 31.6. The molecule has 0 saturated carbocycles. The molecular weight excluding hydrogens is 266 g/mol. The summed E-state index contributed by atoms with van der Waals surface area (Å²) in [6.07, 6.45) is 5.15. The molecular formula is C16H31N3O2. The third-order valence-corrected chi connectivity index (χ3v) is 5.18. The van der Waals surface area contributed by atoms with Gasteiger partial charge in [0.1, 0.15) is 0 Å². The summed E-state index contributed by atoms with van der Waals surface area (Å²) in [5, 5.41) is 10.4. The van der Waals surface area contributed by atoms with Gasteiger partial charge in [0.2, 0.25) is 0 Å². The van der Waals surface area contributed by atoms with E-state index in [1.54, 1.807) is 0 Å².